The van der Waals surface area contributed by atoms with E-state index in [0.717, 1.165) is 12.1 Å². The fourth-order valence-corrected chi connectivity index (χ4v) is 5.07. The third-order valence-electron chi connectivity index (χ3n) is 6.98. The van der Waals surface area contributed by atoms with Gasteiger partial charge in [0.05, 0.1) is 13.2 Å². The molecule has 11 heteroatoms. The van der Waals surface area contributed by atoms with Gasteiger partial charge in [0, 0.05) is 29.4 Å². The summed E-state index contributed by atoms with van der Waals surface area (Å²) in [7, 11) is 0. The van der Waals surface area contributed by atoms with Crippen LogP contribution in [0.2, 0.25) is 0 Å². The molecule has 4 rings (SSSR count). The number of phenols is 2. The Hall–Kier alpha value is -2.98. The van der Waals surface area contributed by atoms with Crippen LogP contribution in [0.3, 0.4) is 0 Å². The number of alkyl halides is 2. The average molecular weight is 471 g/mol. The largest absolute Gasteiger partial charge is 0.508 e. The fraction of sp³-hybridized carbons (Fsp3) is 0.636. The molecule has 0 radical (unpaired) electrons. The first-order valence-corrected chi connectivity index (χ1v) is 10.8. The van der Waals surface area contributed by atoms with Gasteiger partial charge < -0.3 is 19.8 Å². The number of phenolic OH excluding ortho intramolecular Hbond substituents is 2. The van der Waals surface area contributed by atoms with E-state index in [0.29, 0.717) is 19.3 Å². The zero-order valence-electron chi connectivity index (χ0n) is 18.4. The highest BCUT2D eigenvalue weighted by atomic mass is 19.3. The van der Waals surface area contributed by atoms with Crippen molar-refractivity contribution in [3.8, 4) is 11.5 Å². The van der Waals surface area contributed by atoms with E-state index in [4.69, 9.17) is 0 Å². The molecule has 0 aromatic heterocycles. The van der Waals surface area contributed by atoms with Gasteiger partial charge in [-0.2, -0.15) is 8.78 Å². The van der Waals surface area contributed by atoms with E-state index in [2.05, 4.69) is 9.57 Å². The maximum Gasteiger partial charge on any atom is 0.381 e. The van der Waals surface area contributed by atoms with Gasteiger partial charge in [0.15, 0.2) is 0 Å². The van der Waals surface area contributed by atoms with Gasteiger partial charge in [0.2, 0.25) is 0 Å². The maximum absolute atomic E-state index is 14.6. The molecule has 182 valence electrons. The molecule has 0 aliphatic heterocycles. The van der Waals surface area contributed by atoms with Crippen LogP contribution in [0.15, 0.2) is 12.1 Å². The van der Waals surface area contributed by atoms with Gasteiger partial charge in [-0.25, -0.2) is 4.79 Å². The SMILES string of the molecule is CC1(C)[C@H]2C[C@H]1[C@H](c1c(O)cc(C(F)(F)C(=O)OCCCCCO[N+](=O)[O-])cc1O)CC2=O. The Kier molecular flexibility index (Phi) is 6.80. The normalized spacial score (nSPS) is 23.5. The first-order chi connectivity index (χ1) is 15.4. The minimum atomic E-state index is -4.12. The van der Waals surface area contributed by atoms with Crippen molar-refractivity contribution >= 4 is 11.8 Å². The predicted octanol–water partition coefficient (Wildman–Crippen LogP) is 3.83. The first kappa shape index (κ1) is 24.7. The number of aromatic hydroxyl groups is 2. The lowest BCUT2D eigenvalue weighted by atomic mass is 9.44. The summed E-state index contributed by atoms with van der Waals surface area (Å²) in [6, 6.07) is 1.46. The van der Waals surface area contributed by atoms with Crippen LogP contribution in [0.1, 0.15) is 63.0 Å². The molecule has 2 bridgehead atoms. The van der Waals surface area contributed by atoms with Gasteiger partial charge in [-0.3, -0.25) is 4.79 Å². The van der Waals surface area contributed by atoms with Crippen molar-refractivity contribution in [1.82, 2.24) is 0 Å². The zero-order valence-corrected chi connectivity index (χ0v) is 18.4. The molecule has 3 atom stereocenters. The number of nitrogens with zero attached hydrogens (tertiary/aromatic N) is 1. The van der Waals surface area contributed by atoms with Crippen molar-refractivity contribution in [1.29, 1.82) is 0 Å². The highest BCUT2D eigenvalue weighted by molar-refractivity contribution is 5.86. The van der Waals surface area contributed by atoms with Crippen LogP contribution in [0.4, 0.5) is 8.78 Å². The second-order valence-corrected chi connectivity index (χ2v) is 9.25. The number of unbranched alkanes of at least 4 members (excludes halogenated alkanes) is 2. The van der Waals surface area contributed by atoms with Gasteiger partial charge in [0.25, 0.3) is 5.09 Å². The van der Waals surface area contributed by atoms with Crippen molar-refractivity contribution in [3.05, 3.63) is 33.4 Å². The molecule has 0 unspecified atom stereocenters. The molecule has 9 nitrogen and oxygen atoms in total. The van der Waals surface area contributed by atoms with Gasteiger partial charge in [0.1, 0.15) is 17.3 Å². The molecule has 3 saturated carbocycles. The van der Waals surface area contributed by atoms with E-state index in [1.54, 1.807) is 0 Å². The first-order valence-electron chi connectivity index (χ1n) is 10.8. The summed E-state index contributed by atoms with van der Waals surface area (Å²) in [5, 5.41) is 30.0. The molecule has 0 saturated heterocycles. The Bertz CT molecular complexity index is 925. The number of Topliss-reactive ketones (excluding diaryl/α,β-unsaturated/α-hetero) is 1. The lowest BCUT2D eigenvalue weighted by Gasteiger charge is -2.59. The van der Waals surface area contributed by atoms with Crippen LogP contribution >= 0.6 is 0 Å². The Morgan fingerprint density at radius 3 is 2.36 bits per heavy atom. The minimum absolute atomic E-state index is 0.0177. The smallest absolute Gasteiger partial charge is 0.381 e. The molecule has 3 aliphatic carbocycles. The van der Waals surface area contributed by atoms with Crippen LogP contribution in [-0.2, 0) is 25.1 Å². The minimum Gasteiger partial charge on any atom is -0.508 e. The molecule has 0 spiro atoms. The number of ether oxygens (including phenoxy) is 1. The number of rotatable bonds is 10. The van der Waals surface area contributed by atoms with Gasteiger partial charge in [-0.15, -0.1) is 10.1 Å². The number of halogens is 2. The topological polar surface area (TPSA) is 136 Å². The van der Waals surface area contributed by atoms with Crippen molar-refractivity contribution in [2.45, 2.75) is 57.8 Å². The third kappa shape index (κ3) is 4.72. The Morgan fingerprint density at radius 2 is 1.82 bits per heavy atom. The molecule has 1 aromatic carbocycles. The number of carbonyl (C=O) groups excluding carboxylic acids is 2. The van der Waals surface area contributed by atoms with Crippen LogP contribution in [-0.4, -0.2) is 40.3 Å². The summed E-state index contributed by atoms with van der Waals surface area (Å²) in [6.45, 7) is 3.41. The van der Waals surface area contributed by atoms with Crippen molar-refractivity contribution in [2.75, 3.05) is 13.2 Å². The van der Waals surface area contributed by atoms with Crippen LogP contribution < -0.4 is 0 Å². The van der Waals surface area contributed by atoms with Crippen LogP contribution in [0.25, 0.3) is 0 Å². The van der Waals surface area contributed by atoms with Crippen molar-refractivity contribution in [2.24, 2.45) is 17.3 Å². The molecule has 33 heavy (non-hydrogen) atoms. The Labute approximate surface area is 188 Å². The van der Waals surface area contributed by atoms with Crippen LogP contribution in [0, 0.1) is 27.4 Å². The predicted molar refractivity (Wildman–Crippen MR) is 109 cm³/mol. The summed E-state index contributed by atoms with van der Waals surface area (Å²) in [5.41, 5.74) is -1.18. The van der Waals surface area contributed by atoms with E-state index < -0.39 is 40.0 Å². The zero-order chi connectivity index (χ0) is 24.6. The summed E-state index contributed by atoms with van der Waals surface area (Å²) >= 11 is 0. The van der Waals surface area contributed by atoms with E-state index in [9.17, 15) is 38.7 Å². The number of carbonyl (C=O) groups is 2. The number of hydrogen-bond acceptors (Lipinski definition) is 8. The third-order valence-corrected chi connectivity index (χ3v) is 6.98. The number of esters is 1. The summed E-state index contributed by atoms with van der Waals surface area (Å²) in [4.78, 5) is 38.5. The molecule has 1 aromatic rings. The molecular weight excluding hydrogens is 444 g/mol. The molecule has 2 N–H and O–H groups in total. The quantitative estimate of drug-likeness (QED) is 0.227. The van der Waals surface area contributed by atoms with E-state index in [-0.39, 0.29) is 54.7 Å². The second kappa shape index (κ2) is 9.11. The lowest BCUT2D eigenvalue weighted by Crippen LogP contribution is -2.56. The number of hydrogen-bond donors (Lipinski definition) is 2. The van der Waals surface area contributed by atoms with Crippen molar-refractivity contribution < 1.29 is 43.2 Å². The summed E-state index contributed by atoms with van der Waals surface area (Å²) < 4.78 is 33.9. The van der Waals surface area contributed by atoms with E-state index in [1.165, 1.54) is 0 Å². The van der Waals surface area contributed by atoms with Gasteiger partial charge in [-0.05, 0) is 49.1 Å². The fourth-order valence-electron chi connectivity index (χ4n) is 5.07. The van der Waals surface area contributed by atoms with Crippen molar-refractivity contribution in [3.63, 3.8) is 0 Å². The summed E-state index contributed by atoms with van der Waals surface area (Å²) in [5.74, 6) is -7.67. The molecule has 0 amide bonds. The monoisotopic (exact) mass is 471 g/mol. The Morgan fingerprint density at radius 1 is 1.21 bits per heavy atom. The standard InChI is InChI=1S/C22H27F2NO8/c1-21(2)14-11-15(21)16(26)10-13(14)19-17(27)8-12(9-18(19)28)22(23,24)20(29)32-6-4-3-5-7-33-25(30)31/h8-9,13-15,27-28H,3-7,10-11H2,1-2H3/t13-,14+,15+/m1/s1. The molecule has 3 aliphatic rings. The second-order valence-electron chi connectivity index (χ2n) is 9.25. The number of ketones is 1. The molecular formula is C22H27F2NO8. The Balaban J connectivity index is 1.65. The summed E-state index contributed by atoms with van der Waals surface area (Å²) in [6.07, 6.45) is 1.59. The maximum atomic E-state index is 14.6. The van der Waals surface area contributed by atoms with Gasteiger partial charge >= 0.3 is 11.9 Å². The van der Waals surface area contributed by atoms with E-state index >= 15 is 0 Å². The molecule has 0 heterocycles. The lowest BCUT2D eigenvalue weighted by molar-refractivity contribution is -0.757. The average Bonchev–Trinajstić information content (AvgIpc) is 2.71. The van der Waals surface area contributed by atoms with E-state index in [1.807, 2.05) is 13.8 Å². The highest BCUT2D eigenvalue weighted by Crippen LogP contribution is 2.64. The number of fused-ring (bicyclic) bond motifs is 2. The van der Waals surface area contributed by atoms with Gasteiger partial charge in [-0.1, -0.05) is 13.8 Å². The van der Waals surface area contributed by atoms with Crippen LogP contribution in [0.5, 0.6) is 11.5 Å². The molecule has 3 fully saturated rings. The highest BCUT2D eigenvalue weighted by Gasteiger charge is 2.59. The number of benzene rings is 1.